The lowest BCUT2D eigenvalue weighted by molar-refractivity contribution is -0.145. The van der Waals surface area contributed by atoms with Crippen molar-refractivity contribution in [2.45, 2.75) is 44.4 Å². The zero-order chi connectivity index (χ0) is 18.7. The Hall–Kier alpha value is -2.65. The third-order valence-corrected chi connectivity index (χ3v) is 6.14. The Balaban J connectivity index is 1.83. The molecule has 0 saturated heterocycles. The van der Waals surface area contributed by atoms with Crippen LogP contribution < -0.4 is 5.32 Å². The Morgan fingerprint density at radius 2 is 1.96 bits per heavy atom. The van der Waals surface area contributed by atoms with Crippen molar-refractivity contribution in [1.82, 2.24) is 0 Å². The molecule has 5 nitrogen and oxygen atoms in total. The third-order valence-electron chi connectivity index (χ3n) is 4.93. The number of aryl methyl sites for hydroxylation is 1. The molecule has 0 bridgehead atoms. The first-order chi connectivity index (χ1) is 12.5. The second kappa shape index (κ2) is 7.30. The van der Waals surface area contributed by atoms with Crippen LogP contribution in [0.25, 0.3) is 0 Å². The Kier molecular flexibility index (Phi) is 5.10. The average molecular weight is 368 g/mol. The van der Waals surface area contributed by atoms with E-state index >= 15 is 0 Å². The smallest absolute Gasteiger partial charge is 0.314 e. The van der Waals surface area contributed by atoms with Crippen molar-refractivity contribution < 1.29 is 14.7 Å². The summed E-state index contributed by atoms with van der Waals surface area (Å²) in [5.41, 5.74) is 0.834. The lowest BCUT2D eigenvalue weighted by Crippen LogP contribution is -2.36. The maximum absolute atomic E-state index is 12.6. The Morgan fingerprint density at radius 1 is 1.27 bits per heavy atom. The van der Waals surface area contributed by atoms with E-state index in [2.05, 4.69) is 11.4 Å². The molecule has 1 aromatic heterocycles. The molecule has 2 N–H and O–H groups in total. The van der Waals surface area contributed by atoms with Crippen molar-refractivity contribution in [1.29, 1.82) is 5.26 Å². The van der Waals surface area contributed by atoms with Crippen molar-refractivity contribution in [3.63, 3.8) is 0 Å². The van der Waals surface area contributed by atoms with E-state index in [0.29, 0.717) is 16.1 Å². The number of nitrogens with zero attached hydrogens (tertiary/aromatic N) is 1. The van der Waals surface area contributed by atoms with Gasteiger partial charge in [0, 0.05) is 11.3 Å². The highest BCUT2D eigenvalue weighted by molar-refractivity contribution is 7.16. The van der Waals surface area contributed by atoms with E-state index < -0.39 is 17.3 Å². The molecular weight excluding hydrogens is 348 g/mol. The van der Waals surface area contributed by atoms with Crippen LogP contribution in [0.1, 0.15) is 47.8 Å². The van der Waals surface area contributed by atoms with E-state index in [1.165, 1.54) is 11.3 Å². The fourth-order valence-electron chi connectivity index (χ4n) is 3.37. The molecule has 0 unspecified atom stereocenters. The number of fused-ring (bicyclic) bond motifs is 1. The predicted molar refractivity (Wildman–Crippen MR) is 100 cm³/mol. The van der Waals surface area contributed by atoms with Gasteiger partial charge in [0.25, 0.3) is 0 Å². The first kappa shape index (κ1) is 18.2. The van der Waals surface area contributed by atoms with Gasteiger partial charge in [0.2, 0.25) is 5.91 Å². The fourth-order valence-corrected chi connectivity index (χ4v) is 4.63. The van der Waals surface area contributed by atoms with Gasteiger partial charge in [0.15, 0.2) is 0 Å². The Bertz CT molecular complexity index is 882. The SMILES string of the molecule is C[C@@](CC(=O)Nc1sc2c(c1C#N)CCCC2)(C(=O)O)c1ccccc1. The zero-order valence-corrected chi connectivity index (χ0v) is 15.4. The number of carbonyl (C=O) groups excluding carboxylic acids is 1. The van der Waals surface area contributed by atoms with E-state index in [1.54, 1.807) is 37.3 Å². The summed E-state index contributed by atoms with van der Waals surface area (Å²) >= 11 is 1.44. The van der Waals surface area contributed by atoms with Gasteiger partial charge in [-0.1, -0.05) is 30.3 Å². The van der Waals surface area contributed by atoms with Gasteiger partial charge < -0.3 is 10.4 Å². The van der Waals surface area contributed by atoms with Crippen molar-refractivity contribution in [3.05, 3.63) is 51.9 Å². The number of hydrogen-bond donors (Lipinski definition) is 2. The molecule has 3 rings (SSSR count). The first-order valence-electron chi connectivity index (χ1n) is 8.59. The van der Waals surface area contributed by atoms with Crippen molar-refractivity contribution in [2.75, 3.05) is 5.32 Å². The molecule has 0 radical (unpaired) electrons. The van der Waals surface area contributed by atoms with Crippen molar-refractivity contribution in [3.8, 4) is 6.07 Å². The monoisotopic (exact) mass is 368 g/mol. The van der Waals surface area contributed by atoms with Crippen LogP contribution in [0.15, 0.2) is 30.3 Å². The van der Waals surface area contributed by atoms with Crippen LogP contribution >= 0.6 is 11.3 Å². The van der Waals surface area contributed by atoms with Crippen molar-refractivity contribution in [2.24, 2.45) is 0 Å². The minimum atomic E-state index is -1.32. The minimum Gasteiger partial charge on any atom is -0.481 e. The van der Waals surface area contributed by atoms with Crippen molar-refractivity contribution >= 4 is 28.2 Å². The van der Waals surface area contributed by atoms with Crippen LogP contribution in [0, 0.1) is 11.3 Å². The molecule has 26 heavy (non-hydrogen) atoms. The van der Waals surface area contributed by atoms with E-state index in [4.69, 9.17) is 0 Å². The molecule has 1 heterocycles. The van der Waals surface area contributed by atoms with Gasteiger partial charge in [-0.05, 0) is 43.7 Å². The van der Waals surface area contributed by atoms with Gasteiger partial charge in [-0.2, -0.15) is 5.26 Å². The molecule has 6 heteroatoms. The van der Waals surface area contributed by atoms with Crippen LogP contribution in [0.2, 0.25) is 0 Å². The molecule has 0 spiro atoms. The standard InChI is InChI=1S/C20H20N2O3S/c1-20(19(24)25,13-7-3-2-4-8-13)11-17(23)22-18-15(12-21)14-9-5-6-10-16(14)26-18/h2-4,7-8H,5-6,9-11H2,1H3,(H,22,23)(H,24,25)/t20-/m0/s1. The van der Waals surface area contributed by atoms with Gasteiger partial charge in [0.05, 0.1) is 11.0 Å². The molecule has 0 fully saturated rings. The lowest BCUT2D eigenvalue weighted by Gasteiger charge is -2.24. The second-order valence-electron chi connectivity index (χ2n) is 6.76. The van der Waals surface area contributed by atoms with E-state index in [1.807, 2.05) is 0 Å². The van der Waals surface area contributed by atoms with E-state index in [9.17, 15) is 20.0 Å². The Morgan fingerprint density at radius 3 is 2.62 bits per heavy atom. The number of carboxylic acids is 1. The van der Waals surface area contributed by atoms with Gasteiger partial charge in [-0.3, -0.25) is 9.59 Å². The highest BCUT2D eigenvalue weighted by atomic mass is 32.1. The maximum Gasteiger partial charge on any atom is 0.314 e. The molecule has 1 amide bonds. The summed E-state index contributed by atoms with van der Waals surface area (Å²) in [7, 11) is 0. The lowest BCUT2D eigenvalue weighted by atomic mass is 9.79. The second-order valence-corrected chi connectivity index (χ2v) is 7.86. The number of aliphatic carboxylic acids is 1. The summed E-state index contributed by atoms with van der Waals surface area (Å²) in [6.07, 6.45) is 3.75. The molecule has 134 valence electrons. The summed E-state index contributed by atoms with van der Waals surface area (Å²) in [6.45, 7) is 1.55. The molecular formula is C20H20N2O3S. The first-order valence-corrected chi connectivity index (χ1v) is 9.41. The van der Waals surface area contributed by atoms with Crippen LogP contribution in [0.3, 0.4) is 0 Å². The topological polar surface area (TPSA) is 90.2 Å². The van der Waals surface area contributed by atoms with Gasteiger partial charge >= 0.3 is 5.97 Å². The number of benzene rings is 1. The number of thiophene rings is 1. The van der Waals surface area contributed by atoms with Crippen LogP contribution in [0.5, 0.6) is 0 Å². The molecule has 1 aliphatic rings. The molecule has 0 saturated carbocycles. The molecule has 0 aliphatic heterocycles. The number of nitrogens with one attached hydrogen (secondary N) is 1. The van der Waals surface area contributed by atoms with Gasteiger partial charge in [0.1, 0.15) is 11.1 Å². The van der Waals surface area contributed by atoms with E-state index in [0.717, 1.165) is 36.1 Å². The highest BCUT2D eigenvalue weighted by Crippen LogP contribution is 2.38. The Labute approximate surface area is 156 Å². The largest absolute Gasteiger partial charge is 0.481 e. The normalized spacial score (nSPS) is 15.4. The van der Waals surface area contributed by atoms with Crippen LogP contribution in [-0.2, 0) is 27.8 Å². The van der Waals surface area contributed by atoms with Crippen LogP contribution in [-0.4, -0.2) is 17.0 Å². The fraction of sp³-hybridized carbons (Fsp3) is 0.350. The van der Waals surface area contributed by atoms with Gasteiger partial charge in [-0.25, -0.2) is 0 Å². The average Bonchev–Trinajstić information content (AvgIpc) is 2.98. The summed E-state index contributed by atoms with van der Waals surface area (Å²) in [4.78, 5) is 25.6. The quantitative estimate of drug-likeness (QED) is 0.838. The molecule has 1 aliphatic carbocycles. The van der Waals surface area contributed by atoms with Crippen LogP contribution in [0.4, 0.5) is 5.00 Å². The van der Waals surface area contributed by atoms with E-state index in [-0.39, 0.29) is 6.42 Å². The number of hydrogen-bond acceptors (Lipinski definition) is 4. The van der Waals surface area contributed by atoms with Gasteiger partial charge in [-0.15, -0.1) is 11.3 Å². The number of nitriles is 1. The third kappa shape index (κ3) is 3.35. The molecule has 1 atom stereocenters. The number of carbonyl (C=O) groups is 2. The number of carboxylic acid groups (broad SMARTS) is 1. The highest BCUT2D eigenvalue weighted by Gasteiger charge is 2.38. The summed E-state index contributed by atoms with van der Waals surface area (Å²) in [6, 6.07) is 11.0. The number of amides is 1. The minimum absolute atomic E-state index is 0.195. The zero-order valence-electron chi connectivity index (χ0n) is 14.5. The molecule has 2 aromatic rings. The summed E-state index contributed by atoms with van der Waals surface area (Å²) in [5.74, 6) is -1.45. The summed E-state index contributed by atoms with van der Waals surface area (Å²) < 4.78 is 0. The maximum atomic E-state index is 12.6. The number of rotatable bonds is 5. The number of anilines is 1. The summed E-state index contributed by atoms with van der Waals surface area (Å²) in [5, 5.41) is 22.5. The predicted octanol–water partition coefficient (Wildman–Crippen LogP) is 3.87. The molecule has 1 aromatic carbocycles.